The predicted molar refractivity (Wildman–Crippen MR) is 85.2 cm³/mol. The molecule has 0 radical (unpaired) electrons. The van der Waals surface area contributed by atoms with E-state index in [0.29, 0.717) is 6.04 Å². The van der Waals surface area contributed by atoms with E-state index in [4.69, 9.17) is 5.73 Å². The molecule has 1 aliphatic rings. The fourth-order valence-corrected chi connectivity index (χ4v) is 4.04. The molecule has 0 spiro atoms. The van der Waals surface area contributed by atoms with Crippen LogP contribution < -0.4 is 11.1 Å². The van der Waals surface area contributed by atoms with E-state index in [1.165, 1.54) is 43.1 Å². The van der Waals surface area contributed by atoms with E-state index in [-0.39, 0.29) is 0 Å². The molecule has 0 aliphatic heterocycles. The zero-order chi connectivity index (χ0) is 13.9. The number of fused-ring (bicyclic) bond motifs is 1. The van der Waals surface area contributed by atoms with Crippen molar-refractivity contribution in [1.29, 1.82) is 0 Å². The van der Waals surface area contributed by atoms with E-state index in [1.54, 1.807) is 17.7 Å². The van der Waals surface area contributed by atoms with Gasteiger partial charge in [-0.1, -0.05) is 0 Å². The molecule has 3 rings (SSSR count). The number of hydrogen-bond acceptors (Lipinski definition) is 5. The van der Waals surface area contributed by atoms with Crippen molar-refractivity contribution in [2.45, 2.75) is 45.1 Å². The minimum absolute atomic E-state index is 0.543. The van der Waals surface area contributed by atoms with Gasteiger partial charge in [-0.15, -0.1) is 11.3 Å². The summed E-state index contributed by atoms with van der Waals surface area (Å²) in [5, 5.41) is 6.99. The molecule has 4 nitrogen and oxygen atoms in total. The van der Waals surface area contributed by atoms with Crippen LogP contribution in [0.1, 0.15) is 37.7 Å². The topological polar surface area (TPSA) is 63.8 Å². The number of anilines is 1. The summed E-state index contributed by atoms with van der Waals surface area (Å²) in [6, 6.07) is 0.543. The lowest BCUT2D eigenvalue weighted by Crippen LogP contribution is -2.27. The third kappa shape index (κ3) is 2.79. The van der Waals surface area contributed by atoms with Gasteiger partial charge in [-0.2, -0.15) is 0 Å². The van der Waals surface area contributed by atoms with Gasteiger partial charge in [-0.25, -0.2) is 9.97 Å². The van der Waals surface area contributed by atoms with Gasteiger partial charge in [0.15, 0.2) is 0 Å². The third-order valence-electron chi connectivity index (χ3n) is 4.32. The van der Waals surface area contributed by atoms with E-state index in [1.807, 2.05) is 0 Å². The SMILES string of the molecule is Cc1csc2ncnc(NC3CCC(CCN)CC3)c12. The van der Waals surface area contributed by atoms with Crippen molar-refractivity contribution in [3.8, 4) is 0 Å². The Morgan fingerprint density at radius 1 is 1.30 bits per heavy atom. The normalized spacial score (nSPS) is 23.1. The summed E-state index contributed by atoms with van der Waals surface area (Å²) < 4.78 is 0. The summed E-state index contributed by atoms with van der Waals surface area (Å²) in [5.74, 6) is 1.84. The smallest absolute Gasteiger partial charge is 0.138 e. The molecule has 0 unspecified atom stereocenters. The number of hydrogen-bond donors (Lipinski definition) is 2. The molecule has 2 aromatic heterocycles. The molecule has 0 atom stereocenters. The number of nitrogens with one attached hydrogen (secondary N) is 1. The lowest BCUT2D eigenvalue weighted by Gasteiger charge is -2.29. The van der Waals surface area contributed by atoms with E-state index < -0.39 is 0 Å². The molecule has 0 saturated heterocycles. The van der Waals surface area contributed by atoms with Crippen LogP contribution in [0.15, 0.2) is 11.7 Å². The van der Waals surface area contributed by atoms with Gasteiger partial charge in [0, 0.05) is 6.04 Å². The van der Waals surface area contributed by atoms with Crippen molar-refractivity contribution in [1.82, 2.24) is 9.97 Å². The molecule has 108 valence electrons. The van der Waals surface area contributed by atoms with Crippen LogP contribution >= 0.6 is 11.3 Å². The van der Waals surface area contributed by atoms with E-state index in [2.05, 4.69) is 27.6 Å². The van der Waals surface area contributed by atoms with Gasteiger partial charge in [0.05, 0.1) is 5.39 Å². The zero-order valence-electron chi connectivity index (χ0n) is 11.9. The van der Waals surface area contributed by atoms with Crippen LogP contribution in [0.2, 0.25) is 0 Å². The number of nitrogens with two attached hydrogens (primary N) is 1. The summed E-state index contributed by atoms with van der Waals surface area (Å²) in [7, 11) is 0. The fourth-order valence-electron chi connectivity index (χ4n) is 3.15. The van der Waals surface area contributed by atoms with Crippen molar-refractivity contribution in [2.75, 3.05) is 11.9 Å². The average molecular weight is 290 g/mol. The Bertz CT molecular complexity index is 572. The Hall–Kier alpha value is -1.20. The van der Waals surface area contributed by atoms with Crippen LogP contribution in [0.4, 0.5) is 5.82 Å². The van der Waals surface area contributed by atoms with Crippen LogP contribution in [0, 0.1) is 12.8 Å². The molecule has 1 aliphatic carbocycles. The van der Waals surface area contributed by atoms with Gasteiger partial charge >= 0.3 is 0 Å². The van der Waals surface area contributed by atoms with Gasteiger partial charge < -0.3 is 11.1 Å². The third-order valence-corrected chi connectivity index (χ3v) is 5.32. The highest BCUT2D eigenvalue weighted by Crippen LogP contribution is 2.32. The first kappa shape index (κ1) is 13.8. The molecule has 2 aromatic rings. The number of rotatable bonds is 4. The fraction of sp³-hybridized carbons (Fsp3) is 0.600. The second kappa shape index (κ2) is 6.06. The van der Waals surface area contributed by atoms with Gasteiger partial charge in [0.1, 0.15) is 17.0 Å². The molecular formula is C15H22N4S. The highest BCUT2D eigenvalue weighted by atomic mass is 32.1. The molecule has 5 heteroatoms. The van der Waals surface area contributed by atoms with Gasteiger partial charge in [0.25, 0.3) is 0 Å². The van der Waals surface area contributed by atoms with Crippen molar-refractivity contribution in [3.63, 3.8) is 0 Å². The van der Waals surface area contributed by atoms with Crippen LogP contribution in [0.25, 0.3) is 10.2 Å². The van der Waals surface area contributed by atoms with Crippen molar-refractivity contribution >= 4 is 27.4 Å². The Labute approximate surface area is 123 Å². The maximum absolute atomic E-state index is 5.65. The average Bonchev–Trinajstić information content (AvgIpc) is 2.84. The summed E-state index contributed by atoms with van der Waals surface area (Å²) in [6.45, 7) is 2.95. The largest absolute Gasteiger partial charge is 0.367 e. The standard InChI is InChI=1S/C15H22N4S/c1-10-8-20-15-13(10)14(17-9-18-15)19-12-4-2-11(3-5-12)6-7-16/h8-9,11-12H,2-7,16H2,1H3,(H,17,18,19). The summed E-state index contributed by atoms with van der Waals surface area (Å²) in [4.78, 5) is 9.88. The molecule has 1 saturated carbocycles. The Morgan fingerprint density at radius 3 is 2.85 bits per heavy atom. The quantitative estimate of drug-likeness (QED) is 0.906. The number of aryl methyl sites for hydroxylation is 1. The highest BCUT2D eigenvalue weighted by molar-refractivity contribution is 7.17. The predicted octanol–water partition coefficient (Wildman–Crippen LogP) is 3.32. The Kier molecular flexibility index (Phi) is 4.17. The van der Waals surface area contributed by atoms with Crippen molar-refractivity contribution < 1.29 is 0 Å². The maximum atomic E-state index is 5.65. The number of nitrogens with zero attached hydrogens (tertiary/aromatic N) is 2. The first-order valence-electron chi connectivity index (χ1n) is 7.43. The Morgan fingerprint density at radius 2 is 2.10 bits per heavy atom. The molecule has 2 heterocycles. The lowest BCUT2D eigenvalue weighted by atomic mass is 9.84. The van der Waals surface area contributed by atoms with Gasteiger partial charge in [0.2, 0.25) is 0 Å². The molecule has 0 aromatic carbocycles. The molecule has 20 heavy (non-hydrogen) atoms. The van der Waals surface area contributed by atoms with E-state index >= 15 is 0 Å². The van der Waals surface area contributed by atoms with Crippen molar-refractivity contribution in [2.24, 2.45) is 11.7 Å². The minimum Gasteiger partial charge on any atom is -0.367 e. The zero-order valence-corrected chi connectivity index (χ0v) is 12.7. The molecule has 0 amide bonds. The minimum atomic E-state index is 0.543. The number of aromatic nitrogens is 2. The van der Waals surface area contributed by atoms with Crippen molar-refractivity contribution in [3.05, 3.63) is 17.3 Å². The van der Waals surface area contributed by atoms with Gasteiger partial charge in [-0.3, -0.25) is 0 Å². The summed E-state index contributed by atoms with van der Waals surface area (Å²) >= 11 is 1.69. The summed E-state index contributed by atoms with van der Waals surface area (Å²) in [6.07, 6.45) is 7.85. The van der Waals surface area contributed by atoms with Gasteiger partial charge in [-0.05, 0) is 62.4 Å². The first-order chi connectivity index (χ1) is 9.78. The Balaban J connectivity index is 1.70. The lowest BCUT2D eigenvalue weighted by molar-refractivity contribution is 0.324. The highest BCUT2D eigenvalue weighted by Gasteiger charge is 2.21. The molecule has 1 fully saturated rings. The summed E-state index contributed by atoms with van der Waals surface area (Å²) in [5.41, 5.74) is 6.92. The molecule has 0 bridgehead atoms. The van der Waals surface area contributed by atoms with Crippen LogP contribution in [0.3, 0.4) is 0 Å². The van der Waals surface area contributed by atoms with Crippen LogP contribution in [0.5, 0.6) is 0 Å². The van der Waals surface area contributed by atoms with Crippen LogP contribution in [-0.2, 0) is 0 Å². The maximum Gasteiger partial charge on any atom is 0.138 e. The second-order valence-electron chi connectivity index (χ2n) is 5.76. The molecule has 3 N–H and O–H groups in total. The van der Waals surface area contributed by atoms with Crippen LogP contribution in [-0.4, -0.2) is 22.6 Å². The monoisotopic (exact) mass is 290 g/mol. The molecular weight excluding hydrogens is 268 g/mol. The van der Waals surface area contributed by atoms with E-state index in [0.717, 1.165) is 23.1 Å². The second-order valence-corrected chi connectivity index (χ2v) is 6.62. The first-order valence-corrected chi connectivity index (χ1v) is 8.31. The number of thiophene rings is 1. The van der Waals surface area contributed by atoms with E-state index in [9.17, 15) is 0 Å².